The van der Waals surface area contributed by atoms with Gasteiger partial charge in [0, 0.05) is 29.8 Å². The Morgan fingerprint density at radius 3 is 2.86 bits per heavy atom. The summed E-state index contributed by atoms with van der Waals surface area (Å²) in [6.45, 7) is 0. The summed E-state index contributed by atoms with van der Waals surface area (Å²) in [5, 5.41) is 14.9. The third kappa shape index (κ3) is 3.13. The van der Waals surface area contributed by atoms with Crippen molar-refractivity contribution in [1.82, 2.24) is 34.7 Å². The van der Waals surface area contributed by atoms with Gasteiger partial charge in [-0.15, -0.1) is 5.10 Å². The fourth-order valence-corrected chi connectivity index (χ4v) is 2.96. The number of aromatic nitrogens is 7. The van der Waals surface area contributed by atoms with Gasteiger partial charge in [0.15, 0.2) is 5.82 Å². The van der Waals surface area contributed by atoms with Crippen molar-refractivity contribution >= 4 is 11.6 Å². The quantitative estimate of drug-likeness (QED) is 0.577. The molecule has 0 aliphatic heterocycles. The first-order valence-electron chi connectivity index (χ1n) is 8.92. The predicted octanol–water partition coefficient (Wildman–Crippen LogP) is 2.51. The molecule has 0 radical (unpaired) electrons. The van der Waals surface area contributed by atoms with Crippen molar-refractivity contribution in [1.29, 1.82) is 0 Å². The lowest BCUT2D eigenvalue weighted by molar-refractivity contribution is 0.102. The first-order valence-corrected chi connectivity index (χ1v) is 8.92. The van der Waals surface area contributed by atoms with E-state index in [9.17, 15) is 4.79 Å². The van der Waals surface area contributed by atoms with Crippen LogP contribution in [0.1, 0.15) is 29.2 Å². The van der Waals surface area contributed by atoms with Crippen molar-refractivity contribution in [2.24, 2.45) is 0 Å². The molecular formula is C19H16N8O. The molecule has 1 N–H and O–H groups in total. The average Bonchev–Trinajstić information content (AvgIpc) is 3.21. The molecule has 0 bridgehead atoms. The largest absolute Gasteiger partial charge is 0.322 e. The van der Waals surface area contributed by atoms with Gasteiger partial charge in [0.25, 0.3) is 5.91 Å². The van der Waals surface area contributed by atoms with Crippen LogP contribution in [0.5, 0.6) is 0 Å². The molecule has 1 fully saturated rings. The van der Waals surface area contributed by atoms with Crippen LogP contribution in [0.3, 0.4) is 0 Å². The van der Waals surface area contributed by atoms with Crippen LogP contribution in [0.2, 0.25) is 0 Å². The number of carbonyl (C=O) groups is 1. The normalized spacial score (nSPS) is 13.4. The van der Waals surface area contributed by atoms with E-state index < -0.39 is 0 Å². The van der Waals surface area contributed by atoms with Gasteiger partial charge in [0.2, 0.25) is 0 Å². The topological polar surface area (TPSA) is 103 Å². The molecule has 0 saturated heterocycles. The fourth-order valence-electron chi connectivity index (χ4n) is 2.96. The molecule has 138 valence electrons. The number of pyridine rings is 1. The van der Waals surface area contributed by atoms with E-state index in [2.05, 4.69) is 30.8 Å². The van der Waals surface area contributed by atoms with Crippen LogP contribution in [0.25, 0.3) is 17.2 Å². The highest BCUT2D eigenvalue weighted by Gasteiger charge is 2.28. The van der Waals surface area contributed by atoms with E-state index in [1.165, 1.54) is 0 Å². The van der Waals surface area contributed by atoms with Gasteiger partial charge in [-0.3, -0.25) is 9.36 Å². The summed E-state index contributed by atoms with van der Waals surface area (Å²) in [5.41, 5.74) is 2.01. The maximum absolute atomic E-state index is 12.6. The van der Waals surface area contributed by atoms with Gasteiger partial charge in [0.05, 0.1) is 11.6 Å². The van der Waals surface area contributed by atoms with Crippen LogP contribution in [0.15, 0.2) is 61.3 Å². The zero-order chi connectivity index (χ0) is 18.9. The summed E-state index contributed by atoms with van der Waals surface area (Å²) in [5.74, 6) is 1.18. The highest BCUT2D eigenvalue weighted by molar-refractivity contribution is 6.04. The third-order valence-corrected chi connectivity index (χ3v) is 4.54. The number of imidazole rings is 1. The van der Waals surface area contributed by atoms with Gasteiger partial charge in [0.1, 0.15) is 12.1 Å². The van der Waals surface area contributed by atoms with E-state index in [1.54, 1.807) is 41.6 Å². The lowest BCUT2D eigenvalue weighted by Gasteiger charge is -2.08. The lowest BCUT2D eigenvalue weighted by atomic mass is 10.1. The van der Waals surface area contributed by atoms with Crippen molar-refractivity contribution in [2.45, 2.75) is 18.9 Å². The van der Waals surface area contributed by atoms with Crippen LogP contribution in [-0.2, 0) is 0 Å². The molecule has 1 aromatic carbocycles. The van der Waals surface area contributed by atoms with Crippen molar-refractivity contribution in [3.63, 3.8) is 0 Å². The molecule has 5 rings (SSSR count). The number of tetrazole rings is 1. The maximum atomic E-state index is 12.6. The fraction of sp³-hybridized carbons (Fsp3) is 0.158. The Balaban J connectivity index is 1.34. The standard InChI is InChI=1S/C19H16N8O/c28-19(14-4-7-17(21-11-14)26-9-8-20-12-26)22-15-3-1-2-13(10-15)18-23-24-25-27(18)16-5-6-16/h1-4,7-12,16H,5-6H2,(H,22,28). The summed E-state index contributed by atoms with van der Waals surface area (Å²) < 4.78 is 3.62. The maximum Gasteiger partial charge on any atom is 0.257 e. The first kappa shape index (κ1) is 16.3. The Morgan fingerprint density at radius 1 is 1.18 bits per heavy atom. The highest BCUT2D eigenvalue weighted by atomic mass is 16.1. The van der Waals surface area contributed by atoms with Crippen molar-refractivity contribution in [2.75, 3.05) is 5.32 Å². The van der Waals surface area contributed by atoms with Crippen molar-refractivity contribution in [3.05, 3.63) is 66.9 Å². The van der Waals surface area contributed by atoms with Crippen molar-refractivity contribution < 1.29 is 4.79 Å². The average molecular weight is 372 g/mol. The number of amides is 1. The molecule has 0 unspecified atom stereocenters. The van der Waals surface area contributed by atoms with Crippen LogP contribution < -0.4 is 5.32 Å². The van der Waals surface area contributed by atoms with E-state index in [-0.39, 0.29) is 5.91 Å². The molecule has 3 aromatic heterocycles. The Bertz CT molecular complexity index is 1110. The monoisotopic (exact) mass is 372 g/mol. The molecular weight excluding hydrogens is 356 g/mol. The minimum atomic E-state index is -0.233. The summed E-state index contributed by atoms with van der Waals surface area (Å²) in [6, 6.07) is 11.4. The highest BCUT2D eigenvalue weighted by Crippen LogP contribution is 2.36. The molecule has 0 atom stereocenters. The van der Waals surface area contributed by atoms with Crippen LogP contribution in [0.4, 0.5) is 5.69 Å². The molecule has 28 heavy (non-hydrogen) atoms. The molecule has 9 heteroatoms. The van der Waals surface area contributed by atoms with E-state index in [4.69, 9.17) is 0 Å². The van der Waals surface area contributed by atoms with E-state index in [1.807, 2.05) is 28.9 Å². The van der Waals surface area contributed by atoms with Crippen LogP contribution >= 0.6 is 0 Å². The summed E-state index contributed by atoms with van der Waals surface area (Å²) >= 11 is 0. The zero-order valence-electron chi connectivity index (χ0n) is 14.8. The SMILES string of the molecule is O=C(Nc1cccc(-c2nnnn2C2CC2)c1)c1ccc(-n2ccnc2)nc1. The number of carbonyl (C=O) groups excluding carboxylic acids is 1. The second-order valence-electron chi connectivity index (χ2n) is 6.59. The number of hydrogen-bond donors (Lipinski definition) is 1. The summed E-state index contributed by atoms with van der Waals surface area (Å²) in [4.78, 5) is 20.9. The van der Waals surface area contributed by atoms with Crippen LogP contribution in [0, 0.1) is 0 Å². The Kier molecular flexibility index (Phi) is 3.90. The first-order chi connectivity index (χ1) is 13.8. The second-order valence-corrected chi connectivity index (χ2v) is 6.59. The van der Waals surface area contributed by atoms with Crippen LogP contribution in [-0.4, -0.2) is 40.6 Å². The Hall–Kier alpha value is -3.88. The number of anilines is 1. The molecule has 3 heterocycles. The Labute approximate surface area is 160 Å². The number of rotatable bonds is 5. The molecule has 1 aliphatic carbocycles. The zero-order valence-corrected chi connectivity index (χ0v) is 14.8. The van der Waals surface area contributed by atoms with E-state index in [0.29, 0.717) is 28.9 Å². The van der Waals surface area contributed by atoms with Gasteiger partial charge in [-0.05, 0) is 47.5 Å². The minimum Gasteiger partial charge on any atom is -0.322 e. The molecule has 4 aromatic rings. The minimum absolute atomic E-state index is 0.233. The molecule has 1 saturated carbocycles. The predicted molar refractivity (Wildman–Crippen MR) is 101 cm³/mol. The van der Waals surface area contributed by atoms with Gasteiger partial charge < -0.3 is 5.32 Å². The van der Waals surface area contributed by atoms with E-state index >= 15 is 0 Å². The lowest BCUT2D eigenvalue weighted by Crippen LogP contribution is -2.12. The Morgan fingerprint density at radius 2 is 2.11 bits per heavy atom. The van der Waals surface area contributed by atoms with E-state index in [0.717, 1.165) is 18.4 Å². The second kappa shape index (κ2) is 6.69. The molecule has 0 spiro atoms. The van der Waals surface area contributed by atoms with Gasteiger partial charge in [-0.1, -0.05) is 12.1 Å². The number of benzene rings is 1. The smallest absolute Gasteiger partial charge is 0.257 e. The van der Waals surface area contributed by atoms with Gasteiger partial charge in [-0.2, -0.15) is 0 Å². The molecule has 1 amide bonds. The number of hydrogen-bond acceptors (Lipinski definition) is 6. The van der Waals surface area contributed by atoms with Gasteiger partial charge >= 0.3 is 0 Å². The summed E-state index contributed by atoms with van der Waals surface area (Å²) in [7, 11) is 0. The van der Waals surface area contributed by atoms with Gasteiger partial charge in [-0.25, -0.2) is 14.6 Å². The molecule has 9 nitrogen and oxygen atoms in total. The third-order valence-electron chi connectivity index (χ3n) is 4.54. The summed E-state index contributed by atoms with van der Waals surface area (Å²) in [6.07, 6.45) is 8.86. The number of nitrogens with zero attached hydrogens (tertiary/aromatic N) is 7. The molecule has 1 aliphatic rings. The van der Waals surface area contributed by atoms with Crippen molar-refractivity contribution in [3.8, 4) is 17.2 Å². The number of nitrogens with one attached hydrogen (secondary N) is 1.